The molecule has 4 amide bonds. The second-order valence-electron chi connectivity index (χ2n) is 11.6. The van der Waals surface area contributed by atoms with Crippen molar-refractivity contribution in [3.8, 4) is 0 Å². The molecule has 234 valence electrons. The number of hydrogen-bond donors (Lipinski definition) is 4. The smallest absolute Gasteiger partial charge is 0.335 e. The molecule has 0 unspecified atom stereocenters. The fourth-order valence-corrected chi connectivity index (χ4v) is 7.75. The number of rotatable bonds is 4. The Morgan fingerprint density at radius 1 is 0.478 bits per heavy atom. The van der Waals surface area contributed by atoms with Crippen LogP contribution in [0.5, 0.6) is 0 Å². The van der Waals surface area contributed by atoms with E-state index in [0.29, 0.717) is 11.1 Å². The number of fused-ring (bicyclic) bond motifs is 2. The van der Waals surface area contributed by atoms with Crippen molar-refractivity contribution < 1.29 is 29.4 Å². The first-order chi connectivity index (χ1) is 21.3. The highest BCUT2D eigenvalue weighted by atomic mass is 16.4. The van der Waals surface area contributed by atoms with Gasteiger partial charge in [0.2, 0.25) is 0 Å². The van der Waals surface area contributed by atoms with Crippen molar-refractivity contribution >= 4 is 24.0 Å². The lowest BCUT2D eigenvalue weighted by Gasteiger charge is -2.49. The third-order valence-corrected chi connectivity index (χ3v) is 9.59. The lowest BCUT2D eigenvalue weighted by atomic mass is 9.79. The van der Waals surface area contributed by atoms with Crippen molar-refractivity contribution in [1.82, 2.24) is 31.9 Å². The summed E-state index contributed by atoms with van der Waals surface area (Å²) in [6, 6.07) is 27.7. The minimum Gasteiger partial charge on any atom is -0.478 e. The molecule has 10 N–H and O–H groups in total. The molecular weight excluding hydrogens is 588 g/mol. The maximum atomic E-state index is 15.0. The van der Waals surface area contributed by atoms with Gasteiger partial charge in [-0.3, -0.25) is 19.6 Å². The Morgan fingerprint density at radius 3 is 0.978 bits per heavy atom. The fraction of sp³-hybridized carbons (Fsp3) is 0.176. The summed E-state index contributed by atoms with van der Waals surface area (Å²) < 4.78 is 0. The van der Waals surface area contributed by atoms with Gasteiger partial charge in [-0.25, -0.2) is 19.2 Å². The van der Waals surface area contributed by atoms with E-state index >= 15 is 0 Å². The van der Waals surface area contributed by atoms with Crippen molar-refractivity contribution in [3.05, 3.63) is 142 Å². The van der Waals surface area contributed by atoms with Gasteiger partial charge in [-0.2, -0.15) is 0 Å². The molecule has 2 saturated heterocycles. The third-order valence-electron chi connectivity index (χ3n) is 9.59. The standard InChI is InChI=1S/C34H26N4O6.2H3N/c39-29(40)21-9-13-27(14-10-21)33-34(28-15-11-22(12-16-28)30(41)42)37-19-25-7-3-4-8-26(25)20-38(34)32(44)36(33)18-24-6-2-1-5-23(24)17-35(33)31(37)43;;/h1-16H,17-20H2,(H,39,40)(H,41,42);2*1H3/p+2. The highest BCUT2D eigenvalue weighted by molar-refractivity contribution is 5.92. The molecule has 0 spiro atoms. The molecule has 8 rings (SSSR count). The van der Waals surface area contributed by atoms with Gasteiger partial charge in [0, 0.05) is 11.1 Å². The van der Waals surface area contributed by atoms with Crippen LogP contribution < -0.4 is 12.3 Å². The first kappa shape index (κ1) is 30.3. The predicted octanol–water partition coefficient (Wildman–Crippen LogP) is 5.74. The number of quaternary nitrogens is 2. The zero-order chi connectivity index (χ0) is 30.4. The van der Waals surface area contributed by atoms with Crippen molar-refractivity contribution in [2.45, 2.75) is 37.5 Å². The number of hydrogen-bond acceptors (Lipinski definition) is 4. The number of benzene rings is 4. The van der Waals surface area contributed by atoms with Gasteiger partial charge in [0.05, 0.1) is 37.3 Å². The molecule has 12 nitrogen and oxygen atoms in total. The molecular formula is C34H34N6O6+2. The minimum atomic E-state index is -1.44. The number of amides is 4. The van der Waals surface area contributed by atoms with E-state index < -0.39 is 23.3 Å². The van der Waals surface area contributed by atoms with Crippen LogP contribution in [-0.2, 0) is 37.5 Å². The molecule has 0 radical (unpaired) electrons. The molecule has 0 aromatic heterocycles. The Labute approximate surface area is 264 Å². The van der Waals surface area contributed by atoms with E-state index in [1.165, 1.54) is 24.3 Å². The number of urea groups is 2. The Kier molecular flexibility index (Phi) is 6.87. The summed E-state index contributed by atoms with van der Waals surface area (Å²) in [7, 11) is 0. The molecule has 46 heavy (non-hydrogen) atoms. The zero-order valence-corrected chi connectivity index (χ0v) is 25.4. The van der Waals surface area contributed by atoms with Crippen molar-refractivity contribution in [2.24, 2.45) is 0 Å². The average molecular weight is 623 g/mol. The van der Waals surface area contributed by atoms with Crippen LogP contribution in [0.1, 0.15) is 54.1 Å². The summed E-state index contributed by atoms with van der Waals surface area (Å²) >= 11 is 0. The molecule has 0 bridgehead atoms. The van der Waals surface area contributed by atoms with Crippen molar-refractivity contribution in [1.29, 1.82) is 0 Å². The molecule has 4 aliphatic rings. The summed E-state index contributed by atoms with van der Waals surface area (Å²) in [5, 5.41) is 19.4. The van der Waals surface area contributed by atoms with E-state index in [-0.39, 0.29) is 61.7 Å². The summed E-state index contributed by atoms with van der Waals surface area (Å²) in [6.45, 7) is 0.835. The Hall–Kier alpha value is -5.72. The molecule has 4 aromatic rings. The number of carboxylic acids is 2. The molecule has 0 aliphatic carbocycles. The Morgan fingerprint density at radius 2 is 0.739 bits per heavy atom. The normalized spacial score (nSPS) is 22.1. The number of carbonyl (C=O) groups excluding carboxylic acids is 2. The van der Waals surface area contributed by atoms with Gasteiger partial charge in [0.1, 0.15) is 0 Å². The van der Waals surface area contributed by atoms with E-state index in [0.717, 1.165) is 22.3 Å². The fourth-order valence-electron chi connectivity index (χ4n) is 7.75. The van der Waals surface area contributed by atoms with Crippen LogP contribution in [0.3, 0.4) is 0 Å². The maximum absolute atomic E-state index is 15.0. The second-order valence-corrected chi connectivity index (χ2v) is 11.6. The maximum Gasteiger partial charge on any atom is 0.335 e. The van der Waals surface area contributed by atoms with Gasteiger partial charge in [-0.05, 0) is 46.5 Å². The molecule has 0 atom stereocenters. The lowest BCUT2D eigenvalue weighted by Crippen LogP contribution is -2.62. The number of carboxylic acid groups (broad SMARTS) is 2. The van der Waals surface area contributed by atoms with Gasteiger partial charge in [0.15, 0.2) is 11.3 Å². The van der Waals surface area contributed by atoms with E-state index in [4.69, 9.17) is 0 Å². The third kappa shape index (κ3) is 3.62. The summed E-state index contributed by atoms with van der Waals surface area (Å²) in [5.74, 6) is -2.17. The molecule has 4 heterocycles. The van der Waals surface area contributed by atoms with Crippen LogP contribution in [0.4, 0.5) is 9.59 Å². The number of aromatic carboxylic acids is 2. The molecule has 0 saturated carbocycles. The average Bonchev–Trinajstić information content (AvgIpc) is 3.20. The largest absolute Gasteiger partial charge is 0.478 e. The SMILES string of the molecule is O=C(O)c1ccc(C23N4Cc5ccccc5CN2C(=O)N2Cc5ccccc5CN(C4=O)C23c2ccc(C(=O)O)cc2)cc1.[NH4+].[NH4+]. The zero-order valence-electron chi connectivity index (χ0n) is 25.4. The van der Waals surface area contributed by atoms with Crippen LogP contribution in [0.15, 0.2) is 97.1 Å². The van der Waals surface area contributed by atoms with Gasteiger partial charge >= 0.3 is 24.0 Å². The highest BCUT2D eigenvalue weighted by Crippen LogP contribution is 2.65. The Balaban J connectivity index is 0.00000186. The van der Waals surface area contributed by atoms with Crippen LogP contribution in [0.2, 0.25) is 0 Å². The van der Waals surface area contributed by atoms with Crippen LogP contribution in [0.25, 0.3) is 0 Å². The second kappa shape index (κ2) is 10.4. The summed E-state index contributed by atoms with van der Waals surface area (Å²) in [6.07, 6.45) is 0. The highest BCUT2D eigenvalue weighted by Gasteiger charge is 2.80. The van der Waals surface area contributed by atoms with Gasteiger partial charge < -0.3 is 22.5 Å². The Bertz CT molecular complexity index is 1700. The number of nitrogens with zero attached hydrogens (tertiary/aromatic N) is 4. The quantitative estimate of drug-likeness (QED) is 0.224. The van der Waals surface area contributed by atoms with Gasteiger partial charge in [0.25, 0.3) is 0 Å². The van der Waals surface area contributed by atoms with Gasteiger partial charge in [-0.1, -0.05) is 72.8 Å². The minimum absolute atomic E-state index is 0. The number of carbonyl (C=O) groups is 4. The first-order valence-corrected chi connectivity index (χ1v) is 14.3. The molecule has 12 heteroatoms. The van der Waals surface area contributed by atoms with E-state index in [1.807, 2.05) is 48.5 Å². The summed E-state index contributed by atoms with van der Waals surface area (Å²) in [4.78, 5) is 60.7. The predicted molar refractivity (Wildman–Crippen MR) is 168 cm³/mol. The molecule has 4 aromatic carbocycles. The van der Waals surface area contributed by atoms with E-state index in [2.05, 4.69) is 0 Å². The first-order valence-electron chi connectivity index (χ1n) is 14.3. The van der Waals surface area contributed by atoms with E-state index in [1.54, 1.807) is 43.9 Å². The van der Waals surface area contributed by atoms with Crippen LogP contribution in [0, 0.1) is 0 Å². The summed E-state index contributed by atoms with van der Waals surface area (Å²) in [5.41, 5.74) is 2.07. The van der Waals surface area contributed by atoms with E-state index in [9.17, 15) is 29.4 Å². The van der Waals surface area contributed by atoms with Crippen LogP contribution in [-0.4, -0.2) is 53.8 Å². The van der Waals surface area contributed by atoms with Crippen molar-refractivity contribution in [3.63, 3.8) is 0 Å². The molecule has 2 fully saturated rings. The van der Waals surface area contributed by atoms with Crippen LogP contribution >= 0.6 is 0 Å². The molecule has 4 aliphatic heterocycles. The topological polar surface area (TPSA) is 195 Å². The monoisotopic (exact) mass is 622 g/mol. The van der Waals surface area contributed by atoms with Crippen molar-refractivity contribution in [2.75, 3.05) is 0 Å². The van der Waals surface area contributed by atoms with Gasteiger partial charge in [-0.15, -0.1) is 0 Å². The lowest BCUT2D eigenvalue weighted by molar-refractivity contribution is -0.0793.